The van der Waals surface area contributed by atoms with Gasteiger partial charge in [-0.2, -0.15) is 0 Å². The molecule has 8 nitrogen and oxygen atoms in total. The molecule has 0 aliphatic carbocycles. The first-order valence-corrected chi connectivity index (χ1v) is 6.66. The van der Waals surface area contributed by atoms with Gasteiger partial charge in [-0.1, -0.05) is 30.3 Å². The fourth-order valence-corrected chi connectivity index (χ4v) is 2.15. The molecule has 5 N–H and O–H groups in total. The maximum Gasteiger partial charge on any atom is 0.370 e. The van der Waals surface area contributed by atoms with Crippen molar-refractivity contribution in [1.82, 2.24) is 0 Å². The van der Waals surface area contributed by atoms with E-state index in [4.69, 9.17) is 14.6 Å². The normalized spacial score (nSPS) is 35.1. The van der Waals surface area contributed by atoms with Crippen LogP contribution >= 0.6 is 0 Å². The number of carbonyl (C=O) groups excluding carboxylic acids is 1. The highest BCUT2D eigenvalue weighted by molar-refractivity contribution is 5.78. The highest BCUT2D eigenvalue weighted by atomic mass is 16.7. The summed E-state index contributed by atoms with van der Waals surface area (Å²) in [5.74, 6) is -4.20. The van der Waals surface area contributed by atoms with E-state index in [0.29, 0.717) is 5.56 Å². The number of rotatable bonds is 4. The first-order chi connectivity index (χ1) is 10.4. The fourth-order valence-electron chi connectivity index (χ4n) is 2.15. The van der Waals surface area contributed by atoms with Gasteiger partial charge in [0.2, 0.25) is 0 Å². The predicted octanol–water partition coefficient (Wildman–Crippen LogP) is -2.11. The van der Waals surface area contributed by atoms with Gasteiger partial charge >= 0.3 is 5.97 Å². The summed E-state index contributed by atoms with van der Waals surface area (Å²) < 4.78 is 9.71. The first kappa shape index (κ1) is 16.8. The minimum Gasteiger partial charge on any atom is -0.457 e. The molecule has 0 bridgehead atoms. The average Bonchev–Trinajstić information content (AvgIpc) is 2.55. The van der Waals surface area contributed by atoms with Crippen LogP contribution in [0.3, 0.4) is 0 Å². The van der Waals surface area contributed by atoms with Gasteiger partial charge in [0.05, 0.1) is 6.61 Å². The Bertz CT molecular complexity index is 505. The monoisotopic (exact) mass is 314 g/mol. The molecule has 122 valence electrons. The second kappa shape index (κ2) is 6.69. The lowest BCUT2D eigenvalue weighted by molar-refractivity contribution is -0.339. The molecule has 22 heavy (non-hydrogen) atoms. The number of hydrogen-bond donors (Lipinski definition) is 5. The molecule has 1 aliphatic heterocycles. The van der Waals surface area contributed by atoms with Crippen molar-refractivity contribution in [2.75, 3.05) is 6.61 Å². The minimum absolute atomic E-state index is 0.180. The van der Waals surface area contributed by atoms with Crippen molar-refractivity contribution in [3.05, 3.63) is 35.9 Å². The Morgan fingerprint density at radius 2 is 1.82 bits per heavy atom. The average molecular weight is 314 g/mol. The Hall–Kier alpha value is -1.55. The smallest absolute Gasteiger partial charge is 0.370 e. The van der Waals surface area contributed by atoms with E-state index < -0.39 is 42.8 Å². The van der Waals surface area contributed by atoms with Crippen molar-refractivity contribution in [2.24, 2.45) is 0 Å². The largest absolute Gasteiger partial charge is 0.457 e. The van der Waals surface area contributed by atoms with Gasteiger partial charge in [0, 0.05) is 0 Å². The number of aliphatic hydroxyl groups excluding tert-OH is 4. The zero-order valence-electron chi connectivity index (χ0n) is 11.6. The number of hydrogen-bond acceptors (Lipinski definition) is 8. The van der Waals surface area contributed by atoms with E-state index >= 15 is 0 Å². The second-order valence-electron chi connectivity index (χ2n) is 5.02. The van der Waals surface area contributed by atoms with E-state index in [0.717, 1.165) is 0 Å². The molecule has 1 unspecified atom stereocenters. The number of ether oxygens (including phenoxy) is 2. The molecule has 1 heterocycles. The molecule has 1 aromatic carbocycles. The molecule has 1 aromatic rings. The van der Waals surface area contributed by atoms with Crippen LogP contribution in [0, 0.1) is 0 Å². The molecule has 0 radical (unpaired) electrons. The Morgan fingerprint density at radius 1 is 1.18 bits per heavy atom. The molecule has 0 aromatic heterocycles. The molecular weight excluding hydrogens is 296 g/mol. The second-order valence-corrected chi connectivity index (χ2v) is 5.02. The molecule has 1 fully saturated rings. The van der Waals surface area contributed by atoms with Gasteiger partial charge < -0.3 is 35.0 Å². The van der Waals surface area contributed by atoms with Crippen molar-refractivity contribution in [1.29, 1.82) is 0 Å². The van der Waals surface area contributed by atoms with E-state index in [1.54, 1.807) is 30.3 Å². The van der Waals surface area contributed by atoms with Crippen LogP contribution in [-0.2, 0) is 20.9 Å². The van der Waals surface area contributed by atoms with Gasteiger partial charge in [0.25, 0.3) is 5.79 Å². The fraction of sp³-hybridized carbons (Fsp3) is 0.500. The molecular formula is C14H18O8. The standard InChI is InChI=1S/C14H18O8/c15-6-9-10(16)11(17)12(18)14(20,22-9)13(19)21-7-8-4-2-1-3-5-8/h1-5,9-12,15-18,20H,6-7H2/t9-,10-,11+,12-,14?/m1/s1. The van der Waals surface area contributed by atoms with E-state index in [2.05, 4.69) is 0 Å². The van der Waals surface area contributed by atoms with Crippen LogP contribution in [0.5, 0.6) is 0 Å². The lowest BCUT2D eigenvalue weighted by Gasteiger charge is -2.43. The van der Waals surface area contributed by atoms with Crippen molar-refractivity contribution in [2.45, 2.75) is 36.8 Å². The Balaban J connectivity index is 2.09. The van der Waals surface area contributed by atoms with Crippen LogP contribution in [0.1, 0.15) is 5.56 Å². The third-order valence-electron chi connectivity index (χ3n) is 3.47. The van der Waals surface area contributed by atoms with E-state index in [1.807, 2.05) is 0 Å². The maximum atomic E-state index is 12.0. The van der Waals surface area contributed by atoms with Crippen molar-refractivity contribution in [3.63, 3.8) is 0 Å². The third kappa shape index (κ3) is 3.12. The summed E-state index contributed by atoms with van der Waals surface area (Å²) in [6, 6.07) is 8.60. The van der Waals surface area contributed by atoms with Crippen LogP contribution in [0.4, 0.5) is 0 Å². The SMILES string of the molecule is O=C(OCc1ccccc1)C1(O)O[C@H](CO)[C@@H](O)[C@H](O)[C@H]1O. The summed E-state index contributed by atoms with van der Waals surface area (Å²) in [6.07, 6.45) is -7.08. The van der Waals surface area contributed by atoms with Gasteiger partial charge in [-0.15, -0.1) is 0 Å². The Labute approximate surface area is 126 Å². The third-order valence-corrected chi connectivity index (χ3v) is 3.47. The molecule has 5 atom stereocenters. The highest BCUT2D eigenvalue weighted by Gasteiger charge is 2.58. The summed E-state index contributed by atoms with van der Waals surface area (Å²) in [5, 5.41) is 48.2. The number of aliphatic hydroxyl groups is 5. The van der Waals surface area contributed by atoms with Crippen LogP contribution < -0.4 is 0 Å². The van der Waals surface area contributed by atoms with Gasteiger partial charge in [0.15, 0.2) is 0 Å². The van der Waals surface area contributed by atoms with Crippen LogP contribution in [0.25, 0.3) is 0 Å². The lowest BCUT2D eigenvalue weighted by atomic mass is 9.92. The van der Waals surface area contributed by atoms with Crippen LogP contribution in [0.15, 0.2) is 30.3 Å². The number of carbonyl (C=O) groups is 1. The maximum absolute atomic E-state index is 12.0. The number of esters is 1. The molecule has 0 spiro atoms. The number of benzene rings is 1. The quantitative estimate of drug-likeness (QED) is 0.398. The Morgan fingerprint density at radius 3 is 2.41 bits per heavy atom. The molecule has 8 heteroatoms. The molecule has 0 amide bonds. The summed E-state index contributed by atoms with van der Waals surface area (Å²) in [7, 11) is 0. The van der Waals surface area contributed by atoms with E-state index in [9.17, 15) is 25.2 Å². The first-order valence-electron chi connectivity index (χ1n) is 6.66. The summed E-state index contributed by atoms with van der Waals surface area (Å²) in [4.78, 5) is 12.0. The highest BCUT2D eigenvalue weighted by Crippen LogP contribution is 2.29. The topological polar surface area (TPSA) is 137 Å². The summed E-state index contributed by atoms with van der Waals surface area (Å²) >= 11 is 0. The predicted molar refractivity (Wildman–Crippen MR) is 71.2 cm³/mol. The van der Waals surface area contributed by atoms with Crippen molar-refractivity contribution < 1.29 is 39.8 Å². The summed E-state index contributed by atoms with van der Waals surface area (Å²) in [5.41, 5.74) is 0.643. The minimum atomic E-state index is -2.87. The Kier molecular flexibility index (Phi) is 5.12. The molecule has 1 saturated heterocycles. The molecule has 2 rings (SSSR count). The van der Waals surface area contributed by atoms with Crippen LogP contribution in [-0.4, -0.2) is 68.3 Å². The zero-order chi connectivity index (χ0) is 16.3. The molecule has 0 saturated carbocycles. The molecule has 1 aliphatic rings. The summed E-state index contributed by atoms with van der Waals surface area (Å²) in [6.45, 7) is -0.945. The lowest BCUT2D eigenvalue weighted by Crippen LogP contribution is -2.68. The van der Waals surface area contributed by atoms with Crippen molar-refractivity contribution in [3.8, 4) is 0 Å². The van der Waals surface area contributed by atoms with Crippen molar-refractivity contribution >= 4 is 5.97 Å². The van der Waals surface area contributed by atoms with Gasteiger partial charge in [-0.05, 0) is 5.56 Å². The van der Waals surface area contributed by atoms with Crippen LogP contribution in [0.2, 0.25) is 0 Å². The van der Waals surface area contributed by atoms with Gasteiger partial charge in [-0.3, -0.25) is 0 Å². The van der Waals surface area contributed by atoms with Gasteiger partial charge in [-0.25, -0.2) is 4.79 Å². The van der Waals surface area contributed by atoms with E-state index in [1.165, 1.54) is 0 Å². The van der Waals surface area contributed by atoms with Gasteiger partial charge in [0.1, 0.15) is 31.0 Å². The van der Waals surface area contributed by atoms with E-state index in [-0.39, 0.29) is 6.61 Å². The zero-order valence-corrected chi connectivity index (χ0v) is 11.6.